The van der Waals surface area contributed by atoms with E-state index < -0.39 is 6.10 Å². The number of fused-ring (bicyclic) bond motifs is 1. The van der Waals surface area contributed by atoms with Crippen molar-refractivity contribution >= 4 is 10.9 Å². The average Bonchev–Trinajstić information content (AvgIpc) is 2.47. The van der Waals surface area contributed by atoms with E-state index in [1.165, 1.54) is 0 Å². The van der Waals surface area contributed by atoms with Gasteiger partial charge in [0.1, 0.15) is 0 Å². The number of aliphatic hydroxyl groups is 2. The molecule has 0 saturated carbocycles. The van der Waals surface area contributed by atoms with Gasteiger partial charge in [-0.25, -0.2) is 0 Å². The Morgan fingerprint density at radius 1 is 1.20 bits per heavy atom. The molecule has 0 spiro atoms. The number of nitrogens with zero attached hydrogens (tertiary/aromatic N) is 2. The Bertz CT molecular complexity index is 587. The highest BCUT2D eigenvalue weighted by Crippen LogP contribution is 2.19. The summed E-state index contributed by atoms with van der Waals surface area (Å²) in [7, 11) is 0. The lowest BCUT2D eigenvalue weighted by atomic mass is 9.95. The average molecular weight is 272 g/mol. The van der Waals surface area contributed by atoms with Crippen LogP contribution in [0.4, 0.5) is 0 Å². The van der Waals surface area contributed by atoms with Gasteiger partial charge < -0.3 is 10.2 Å². The second kappa shape index (κ2) is 5.87. The molecule has 0 aliphatic carbocycles. The van der Waals surface area contributed by atoms with Crippen molar-refractivity contribution in [3.63, 3.8) is 0 Å². The van der Waals surface area contributed by atoms with Gasteiger partial charge in [0, 0.05) is 31.0 Å². The van der Waals surface area contributed by atoms with E-state index in [1.54, 1.807) is 0 Å². The van der Waals surface area contributed by atoms with Crippen molar-refractivity contribution in [2.45, 2.75) is 19.1 Å². The molecule has 2 atom stereocenters. The molecule has 4 nitrogen and oxygen atoms in total. The number of benzene rings is 1. The van der Waals surface area contributed by atoms with Gasteiger partial charge in [0.15, 0.2) is 0 Å². The Labute approximate surface area is 118 Å². The molecule has 2 heterocycles. The zero-order chi connectivity index (χ0) is 13.9. The van der Waals surface area contributed by atoms with Crippen molar-refractivity contribution in [1.29, 1.82) is 0 Å². The van der Waals surface area contributed by atoms with Gasteiger partial charge in [0.05, 0.1) is 17.3 Å². The van der Waals surface area contributed by atoms with Crippen molar-refractivity contribution in [3.05, 3.63) is 42.1 Å². The Morgan fingerprint density at radius 3 is 2.85 bits per heavy atom. The third kappa shape index (κ3) is 2.82. The molecule has 1 aromatic heterocycles. The monoisotopic (exact) mass is 272 g/mol. The normalized spacial score (nSPS) is 24.1. The highest BCUT2D eigenvalue weighted by atomic mass is 16.3. The van der Waals surface area contributed by atoms with Gasteiger partial charge in [-0.1, -0.05) is 24.3 Å². The number of hydrogen-bond acceptors (Lipinski definition) is 4. The summed E-state index contributed by atoms with van der Waals surface area (Å²) in [6.07, 6.45) is 0.403. The second-order valence-electron chi connectivity index (χ2n) is 5.53. The van der Waals surface area contributed by atoms with Crippen molar-refractivity contribution < 1.29 is 10.2 Å². The predicted octanol–water partition coefficient (Wildman–Crippen LogP) is 1.41. The van der Waals surface area contributed by atoms with Crippen LogP contribution in [-0.2, 0) is 6.54 Å². The van der Waals surface area contributed by atoms with Crippen molar-refractivity contribution in [1.82, 2.24) is 9.88 Å². The number of aliphatic hydroxyl groups excluding tert-OH is 2. The molecule has 1 fully saturated rings. The third-order valence-corrected chi connectivity index (χ3v) is 4.08. The van der Waals surface area contributed by atoms with E-state index in [1.807, 2.05) is 24.3 Å². The van der Waals surface area contributed by atoms with Gasteiger partial charge in [-0.15, -0.1) is 0 Å². The lowest BCUT2D eigenvalue weighted by Crippen LogP contribution is -2.44. The number of hydrogen-bond donors (Lipinski definition) is 2. The lowest BCUT2D eigenvalue weighted by molar-refractivity contribution is -0.00476. The fourth-order valence-corrected chi connectivity index (χ4v) is 2.83. The Kier molecular flexibility index (Phi) is 3.96. The number of rotatable bonds is 3. The Morgan fingerprint density at radius 2 is 2.05 bits per heavy atom. The maximum absolute atomic E-state index is 9.97. The molecular weight excluding hydrogens is 252 g/mol. The molecule has 0 unspecified atom stereocenters. The number of pyridine rings is 1. The highest BCUT2D eigenvalue weighted by molar-refractivity contribution is 5.78. The molecule has 3 rings (SSSR count). The summed E-state index contributed by atoms with van der Waals surface area (Å²) in [5.41, 5.74) is 2.04. The minimum absolute atomic E-state index is 0.0239. The van der Waals surface area contributed by atoms with Gasteiger partial charge in [-0.2, -0.15) is 0 Å². The van der Waals surface area contributed by atoms with Crippen molar-refractivity contribution in [3.8, 4) is 0 Å². The van der Waals surface area contributed by atoms with Crippen LogP contribution in [-0.4, -0.2) is 45.9 Å². The van der Waals surface area contributed by atoms with Crippen LogP contribution in [0.15, 0.2) is 36.4 Å². The van der Waals surface area contributed by atoms with E-state index in [4.69, 9.17) is 5.11 Å². The van der Waals surface area contributed by atoms with Crippen LogP contribution in [0.1, 0.15) is 12.1 Å². The smallest absolute Gasteiger partial charge is 0.0717 e. The quantitative estimate of drug-likeness (QED) is 0.887. The topological polar surface area (TPSA) is 56.6 Å². The van der Waals surface area contributed by atoms with E-state index in [9.17, 15) is 5.11 Å². The van der Waals surface area contributed by atoms with Crippen LogP contribution in [0.2, 0.25) is 0 Å². The number of piperidine rings is 1. The van der Waals surface area contributed by atoms with Crippen LogP contribution in [0.25, 0.3) is 10.9 Å². The molecule has 1 saturated heterocycles. The number of β-amino-alcohol motifs (C(OH)–C–C–N with tert-alkyl or cyclic N) is 1. The van der Waals surface area contributed by atoms with Gasteiger partial charge >= 0.3 is 0 Å². The molecule has 0 bridgehead atoms. The molecule has 2 aromatic rings. The fraction of sp³-hybridized carbons (Fsp3) is 0.438. The fourth-order valence-electron chi connectivity index (χ4n) is 2.83. The molecule has 0 radical (unpaired) electrons. The number of aromatic nitrogens is 1. The van der Waals surface area contributed by atoms with E-state index in [0.717, 1.165) is 36.1 Å². The van der Waals surface area contributed by atoms with Gasteiger partial charge in [0.2, 0.25) is 0 Å². The van der Waals surface area contributed by atoms with Gasteiger partial charge in [-0.3, -0.25) is 9.88 Å². The number of likely N-dealkylation sites (tertiary alicyclic amines) is 1. The first-order chi connectivity index (χ1) is 9.76. The van der Waals surface area contributed by atoms with E-state index in [0.29, 0.717) is 6.54 Å². The molecule has 1 aliphatic heterocycles. The van der Waals surface area contributed by atoms with Crippen LogP contribution < -0.4 is 0 Å². The van der Waals surface area contributed by atoms with Crippen LogP contribution >= 0.6 is 0 Å². The molecule has 1 aliphatic rings. The Hall–Kier alpha value is -1.49. The molecule has 1 aromatic carbocycles. The van der Waals surface area contributed by atoms with Crippen LogP contribution in [0.3, 0.4) is 0 Å². The largest absolute Gasteiger partial charge is 0.396 e. The number of para-hydroxylation sites is 1. The zero-order valence-corrected chi connectivity index (χ0v) is 11.4. The van der Waals surface area contributed by atoms with Crippen molar-refractivity contribution in [2.24, 2.45) is 5.92 Å². The maximum atomic E-state index is 9.97. The standard InChI is InChI=1S/C16H20N2O2/c19-11-13-7-8-18(10-16(13)20)9-14-6-5-12-3-1-2-4-15(12)17-14/h1-6,13,16,19-20H,7-11H2/t13-,16+/m1/s1. The third-order valence-electron chi connectivity index (χ3n) is 4.08. The van der Waals surface area contributed by atoms with E-state index in [2.05, 4.69) is 22.0 Å². The molecule has 20 heavy (non-hydrogen) atoms. The van der Waals surface area contributed by atoms with E-state index >= 15 is 0 Å². The van der Waals surface area contributed by atoms with Gasteiger partial charge in [-0.05, 0) is 25.1 Å². The highest BCUT2D eigenvalue weighted by Gasteiger charge is 2.27. The zero-order valence-electron chi connectivity index (χ0n) is 11.4. The summed E-state index contributed by atoms with van der Waals surface area (Å²) < 4.78 is 0. The summed E-state index contributed by atoms with van der Waals surface area (Å²) in [6.45, 7) is 2.33. The van der Waals surface area contributed by atoms with E-state index in [-0.39, 0.29) is 12.5 Å². The lowest BCUT2D eigenvalue weighted by Gasteiger charge is -2.34. The minimum Gasteiger partial charge on any atom is -0.396 e. The minimum atomic E-state index is -0.436. The second-order valence-corrected chi connectivity index (χ2v) is 5.53. The molecular formula is C16H20N2O2. The Balaban J connectivity index is 1.70. The van der Waals surface area contributed by atoms with Crippen molar-refractivity contribution in [2.75, 3.05) is 19.7 Å². The van der Waals surface area contributed by atoms with Gasteiger partial charge in [0.25, 0.3) is 0 Å². The van der Waals surface area contributed by atoms with Crippen LogP contribution in [0, 0.1) is 5.92 Å². The summed E-state index contributed by atoms with van der Waals surface area (Å²) in [4.78, 5) is 6.86. The summed E-state index contributed by atoms with van der Waals surface area (Å²) in [5.74, 6) is 0.0239. The molecule has 4 heteroatoms. The predicted molar refractivity (Wildman–Crippen MR) is 78.2 cm³/mol. The first kappa shape index (κ1) is 13.5. The molecule has 0 amide bonds. The van der Waals surface area contributed by atoms with Crippen LogP contribution in [0.5, 0.6) is 0 Å². The summed E-state index contributed by atoms with van der Waals surface area (Å²) in [5, 5.41) is 20.3. The summed E-state index contributed by atoms with van der Waals surface area (Å²) >= 11 is 0. The summed E-state index contributed by atoms with van der Waals surface area (Å²) in [6, 6.07) is 12.2. The molecule has 2 N–H and O–H groups in total. The first-order valence-corrected chi connectivity index (χ1v) is 7.12. The maximum Gasteiger partial charge on any atom is 0.0717 e. The molecule has 106 valence electrons. The SMILES string of the molecule is OC[C@H]1CCN(Cc2ccc3ccccc3n2)C[C@@H]1O. The first-order valence-electron chi connectivity index (χ1n) is 7.12.